The zero-order valence-electron chi connectivity index (χ0n) is 18.8. The Hall–Kier alpha value is -3.53. The highest BCUT2D eigenvalue weighted by Gasteiger charge is 2.23. The molecule has 176 valence electrons. The van der Waals surface area contributed by atoms with E-state index in [4.69, 9.17) is 9.47 Å². The number of carbonyl (C=O) groups excluding carboxylic acids is 2. The Bertz CT molecular complexity index is 1210. The SMILES string of the molecule is CC(=O)c1cc2c(cc1NC(=O)CSc1nnc(N3CCCCC3)n1-c1ccccc1)OCO2. The molecule has 0 radical (unpaired) electrons. The molecule has 9 nitrogen and oxygen atoms in total. The Morgan fingerprint density at radius 1 is 1.03 bits per heavy atom. The second kappa shape index (κ2) is 9.76. The van der Waals surface area contributed by atoms with Gasteiger partial charge in [-0.25, -0.2) is 0 Å². The number of benzene rings is 2. The van der Waals surface area contributed by atoms with Gasteiger partial charge in [-0.3, -0.25) is 14.2 Å². The smallest absolute Gasteiger partial charge is 0.234 e. The summed E-state index contributed by atoms with van der Waals surface area (Å²) in [4.78, 5) is 27.2. The quantitative estimate of drug-likeness (QED) is 0.402. The third kappa shape index (κ3) is 4.58. The van der Waals surface area contributed by atoms with Crippen molar-refractivity contribution in [2.45, 2.75) is 31.3 Å². The largest absolute Gasteiger partial charge is 0.454 e. The van der Waals surface area contributed by atoms with Crippen LogP contribution >= 0.6 is 11.8 Å². The molecule has 0 bridgehead atoms. The standard InChI is InChI=1S/C24H25N5O4S/c1-16(30)18-12-20-21(33-15-32-20)13-19(18)25-22(31)14-34-24-27-26-23(28-10-6-3-7-11-28)29(24)17-8-4-2-5-9-17/h2,4-5,8-9,12-13H,3,6-7,10-11,14-15H2,1H3,(H,25,31). The van der Waals surface area contributed by atoms with E-state index in [1.807, 2.05) is 34.9 Å². The van der Waals surface area contributed by atoms with E-state index in [9.17, 15) is 9.59 Å². The molecule has 1 N–H and O–H groups in total. The van der Waals surface area contributed by atoms with Crippen LogP contribution in [0.15, 0.2) is 47.6 Å². The third-order valence-electron chi connectivity index (χ3n) is 5.77. The minimum absolute atomic E-state index is 0.0917. The molecule has 1 amide bonds. The van der Waals surface area contributed by atoms with Crippen molar-refractivity contribution in [2.75, 3.05) is 35.9 Å². The molecule has 0 unspecified atom stereocenters. The summed E-state index contributed by atoms with van der Waals surface area (Å²) in [6.45, 7) is 3.42. The number of ketones is 1. The lowest BCUT2D eigenvalue weighted by atomic mass is 10.1. The fraction of sp³-hybridized carbons (Fsp3) is 0.333. The summed E-state index contributed by atoms with van der Waals surface area (Å²) < 4.78 is 12.7. The second-order valence-electron chi connectivity index (χ2n) is 8.15. The Labute approximate surface area is 201 Å². The zero-order valence-corrected chi connectivity index (χ0v) is 19.6. The van der Waals surface area contributed by atoms with Gasteiger partial charge in [-0.2, -0.15) is 0 Å². The van der Waals surface area contributed by atoms with Crippen LogP contribution in [0.5, 0.6) is 11.5 Å². The predicted molar refractivity (Wildman–Crippen MR) is 129 cm³/mol. The van der Waals surface area contributed by atoms with Gasteiger partial charge in [0.2, 0.25) is 18.6 Å². The van der Waals surface area contributed by atoms with Gasteiger partial charge in [0.05, 0.1) is 17.1 Å². The molecule has 0 aliphatic carbocycles. The number of rotatable bonds is 7. The van der Waals surface area contributed by atoms with Gasteiger partial charge in [0.1, 0.15) is 0 Å². The van der Waals surface area contributed by atoms with Crippen molar-refractivity contribution < 1.29 is 19.1 Å². The van der Waals surface area contributed by atoms with E-state index >= 15 is 0 Å². The maximum Gasteiger partial charge on any atom is 0.234 e. The van der Waals surface area contributed by atoms with Crippen LogP contribution < -0.4 is 19.7 Å². The molecule has 1 aromatic heterocycles. The average Bonchev–Trinajstić information content (AvgIpc) is 3.50. The Balaban J connectivity index is 1.35. The molecule has 0 spiro atoms. The number of piperidine rings is 1. The topological polar surface area (TPSA) is 98.6 Å². The van der Waals surface area contributed by atoms with Gasteiger partial charge in [-0.05, 0) is 44.4 Å². The van der Waals surface area contributed by atoms with Gasteiger partial charge >= 0.3 is 0 Å². The number of hydrogen-bond acceptors (Lipinski definition) is 8. The fourth-order valence-corrected chi connectivity index (χ4v) is 4.86. The Morgan fingerprint density at radius 2 is 1.76 bits per heavy atom. The minimum atomic E-state index is -0.256. The lowest BCUT2D eigenvalue weighted by molar-refractivity contribution is -0.113. The van der Waals surface area contributed by atoms with Crippen molar-refractivity contribution in [3.05, 3.63) is 48.0 Å². The van der Waals surface area contributed by atoms with E-state index in [2.05, 4.69) is 20.4 Å². The number of ether oxygens (including phenoxy) is 2. The number of anilines is 2. The van der Waals surface area contributed by atoms with Gasteiger partial charge in [0, 0.05) is 24.7 Å². The van der Waals surface area contributed by atoms with Crippen LogP contribution in [0.25, 0.3) is 5.69 Å². The van der Waals surface area contributed by atoms with Crippen molar-refractivity contribution in [3.8, 4) is 17.2 Å². The van der Waals surface area contributed by atoms with Crippen LogP contribution in [0.1, 0.15) is 36.5 Å². The third-order valence-corrected chi connectivity index (χ3v) is 6.70. The molecule has 3 aromatic rings. The van der Waals surface area contributed by atoms with Crippen LogP contribution in [0, 0.1) is 0 Å². The van der Waals surface area contributed by atoms with E-state index in [0.717, 1.165) is 37.6 Å². The first kappa shape index (κ1) is 22.3. The average molecular weight is 480 g/mol. The minimum Gasteiger partial charge on any atom is -0.454 e. The van der Waals surface area contributed by atoms with E-state index in [1.165, 1.54) is 25.1 Å². The number of thioether (sulfide) groups is 1. The summed E-state index contributed by atoms with van der Waals surface area (Å²) >= 11 is 1.30. The molecule has 34 heavy (non-hydrogen) atoms. The summed E-state index contributed by atoms with van der Waals surface area (Å²) in [5.74, 6) is 1.48. The highest BCUT2D eigenvalue weighted by atomic mass is 32.2. The summed E-state index contributed by atoms with van der Waals surface area (Å²) in [6, 6.07) is 13.2. The van der Waals surface area contributed by atoms with Crippen LogP contribution in [0.3, 0.4) is 0 Å². The second-order valence-corrected chi connectivity index (χ2v) is 9.09. The zero-order chi connectivity index (χ0) is 23.5. The first-order valence-corrected chi connectivity index (χ1v) is 12.2. The number of amides is 1. The molecular weight excluding hydrogens is 454 g/mol. The number of hydrogen-bond donors (Lipinski definition) is 1. The van der Waals surface area contributed by atoms with Gasteiger partial charge in [0.15, 0.2) is 22.4 Å². The predicted octanol–water partition coefficient (Wildman–Crippen LogP) is 3.92. The number of nitrogens with zero attached hydrogens (tertiary/aromatic N) is 4. The van der Waals surface area contributed by atoms with Gasteiger partial charge < -0.3 is 19.7 Å². The van der Waals surface area contributed by atoms with Crippen molar-refractivity contribution >= 4 is 35.1 Å². The first-order chi connectivity index (χ1) is 16.6. The van der Waals surface area contributed by atoms with Crippen molar-refractivity contribution in [1.82, 2.24) is 14.8 Å². The van der Waals surface area contributed by atoms with Crippen LogP contribution in [-0.4, -0.2) is 52.1 Å². The first-order valence-electron chi connectivity index (χ1n) is 11.2. The molecule has 2 aliphatic heterocycles. The summed E-state index contributed by atoms with van der Waals surface area (Å²) in [7, 11) is 0. The molecule has 1 fully saturated rings. The van der Waals surface area contributed by atoms with Crippen LogP contribution in [0.4, 0.5) is 11.6 Å². The van der Waals surface area contributed by atoms with E-state index < -0.39 is 0 Å². The lowest BCUT2D eigenvalue weighted by Gasteiger charge is -2.27. The molecular formula is C24H25N5O4S. The number of aromatic nitrogens is 3. The van der Waals surface area contributed by atoms with Crippen molar-refractivity contribution in [3.63, 3.8) is 0 Å². The molecule has 5 rings (SSSR count). The summed E-state index contributed by atoms with van der Waals surface area (Å²) in [6.07, 6.45) is 3.47. The molecule has 0 saturated carbocycles. The Morgan fingerprint density at radius 3 is 2.50 bits per heavy atom. The van der Waals surface area contributed by atoms with E-state index in [-0.39, 0.29) is 24.2 Å². The summed E-state index contributed by atoms with van der Waals surface area (Å²) in [5.41, 5.74) is 1.73. The van der Waals surface area contributed by atoms with E-state index in [1.54, 1.807) is 12.1 Å². The van der Waals surface area contributed by atoms with Gasteiger partial charge in [-0.1, -0.05) is 30.0 Å². The molecule has 0 atom stereocenters. The Kier molecular flexibility index (Phi) is 6.39. The number of carbonyl (C=O) groups is 2. The number of para-hydroxylation sites is 1. The molecule has 3 heterocycles. The van der Waals surface area contributed by atoms with Gasteiger partial charge in [0.25, 0.3) is 0 Å². The van der Waals surface area contributed by atoms with E-state index in [0.29, 0.717) is 27.9 Å². The normalized spacial score (nSPS) is 14.8. The molecule has 2 aromatic carbocycles. The number of nitrogens with one attached hydrogen (secondary N) is 1. The number of fused-ring (bicyclic) bond motifs is 1. The molecule has 1 saturated heterocycles. The van der Waals surface area contributed by atoms with Crippen molar-refractivity contribution in [2.24, 2.45) is 0 Å². The van der Waals surface area contributed by atoms with Crippen LogP contribution in [-0.2, 0) is 4.79 Å². The maximum absolute atomic E-state index is 12.8. The monoisotopic (exact) mass is 479 g/mol. The number of Topliss-reactive ketones (excluding diaryl/α,β-unsaturated/α-hetero) is 1. The maximum atomic E-state index is 12.8. The summed E-state index contributed by atoms with van der Waals surface area (Å²) in [5, 5.41) is 12.3. The lowest BCUT2D eigenvalue weighted by Crippen LogP contribution is -2.31. The highest BCUT2D eigenvalue weighted by Crippen LogP contribution is 2.37. The highest BCUT2D eigenvalue weighted by molar-refractivity contribution is 7.99. The van der Waals surface area contributed by atoms with Crippen molar-refractivity contribution in [1.29, 1.82) is 0 Å². The molecule has 10 heteroatoms. The fourth-order valence-electron chi connectivity index (χ4n) is 4.11. The molecule has 2 aliphatic rings. The van der Waals surface area contributed by atoms with Crippen LogP contribution in [0.2, 0.25) is 0 Å². The van der Waals surface area contributed by atoms with Gasteiger partial charge in [-0.15, -0.1) is 10.2 Å².